The molecular weight excluding hydrogens is 731 g/mol. The maximum absolute atomic E-state index is 15.4. The first-order valence-corrected chi connectivity index (χ1v) is 22.5. The van der Waals surface area contributed by atoms with Crippen molar-refractivity contribution in [1.29, 1.82) is 0 Å². The highest BCUT2D eigenvalue weighted by Crippen LogP contribution is 2.61. The second-order valence-corrected chi connectivity index (χ2v) is 20.2. The van der Waals surface area contributed by atoms with E-state index in [-0.39, 0.29) is 41.9 Å². The average molecular weight is 778 g/mol. The molecule has 11 heteroatoms. The highest BCUT2D eigenvalue weighted by Gasteiger charge is 2.66. The lowest BCUT2D eigenvalue weighted by molar-refractivity contribution is -0.145. The van der Waals surface area contributed by atoms with Crippen LogP contribution in [-0.4, -0.2) is 59.8 Å². The summed E-state index contributed by atoms with van der Waals surface area (Å²) in [5.74, 6) is -0.149. The molecule has 1 aromatic heterocycles. The predicted molar refractivity (Wildman–Crippen MR) is 224 cm³/mol. The van der Waals surface area contributed by atoms with Crippen LogP contribution in [-0.2, 0) is 21.7 Å². The van der Waals surface area contributed by atoms with Gasteiger partial charge in [-0.1, -0.05) is 109 Å². The van der Waals surface area contributed by atoms with Crippen molar-refractivity contribution in [2.75, 3.05) is 23.9 Å². The number of para-hydroxylation sites is 1. The van der Waals surface area contributed by atoms with Crippen molar-refractivity contribution in [3.05, 3.63) is 162 Å². The van der Waals surface area contributed by atoms with Gasteiger partial charge in [0.15, 0.2) is 5.60 Å². The smallest absolute Gasteiger partial charge is 0.268 e. The van der Waals surface area contributed by atoms with E-state index in [1.807, 2.05) is 120 Å². The number of anilines is 3. The highest BCUT2D eigenvalue weighted by atomic mass is 28.3. The molecule has 2 N–H and O–H groups in total. The van der Waals surface area contributed by atoms with Crippen LogP contribution in [0.4, 0.5) is 17.1 Å². The van der Waals surface area contributed by atoms with E-state index in [1.54, 1.807) is 24.1 Å². The summed E-state index contributed by atoms with van der Waals surface area (Å²) in [6, 6.07) is 42.6. The Kier molecular flexibility index (Phi) is 10.4. The molecule has 8 rings (SSSR count). The Labute approximate surface area is 334 Å². The largest absolute Gasteiger partial charge is 0.497 e. The van der Waals surface area contributed by atoms with E-state index in [0.29, 0.717) is 29.9 Å². The SMILES string of the molecule is COc1ccc([Si](C)(C)[C@@H]2[C@@H](CCn3cc(C(CO)c4ccccc4)nn3)O[C@]3(C(=O)N(c4ccccc4)c4ccc(NC(=O)c5ccccc5)cc43)[C@H]2C)cc1. The Morgan fingerprint density at radius 2 is 1.60 bits per heavy atom. The number of carbonyl (C=O) groups excluding carboxylic acids is 2. The van der Waals surface area contributed by atoms with Crippen molar-refractivity contribution in [2.24, 2.45) is 5.92 Å². The number of amides is 2. The molecule has 3 heterocycles. The van der Waals surface area contributed by atoms with Crippen LogP contribution in [0.2, 0.25) is 18.6 Å². The number of ether oxygens (including phenoxy) is 2. The number of aliphatic hydroxyl groups excluding tert-OH is 1. The van der Waals surface area contributed by atoms with Crippen LogP contribution in [0.25, 0.3) is 0 Å². The van der Waals surface area contributed by atoms with Crippen molar-refractivity contribution in [3.63, 3.8) is 0 Å². The lowest BCUT2D eigenvalue weighted by Gasteiger charge is -2.37. The molecule has 1 unspecified atom stereocenters. The summed E-state index contributed by atoms with van der Waals surface area (Å²) in [5.41, 5.74) is 3.64. The molecule has 1 spiro atoms. The first-order chi connectivity index (χ1) is 27.6. The summed E-state index contributed by atoms with van der Waals surface area (Å²) in [6.45, 7) is 7.28. The molecule has 290 valence electrons. The number of aliphatic hydroxyl groups is 1. The van der Waals surface area contributed by atoms with Crippen molar-refractivity contribution in [2.45, 2.75) is 56.1 Å². The van der Waals surface area contributed by atoms with E-state index in [4.69, 9.17) is 9.47 Å². The zero-order valence-electron chi connectivity index (χ0n) is 32.6. The average Bonchev–Trinajstić information content (AvgIpc) is 3.91. The quantitative estimate of drug-likeness (QED) is 0.123. The van der Waals surface area contributed by atoms with Gasteiger partial charge in [0.2, 0.25) is 0 Å². The van der Waals surface area contributed by atoms with Crippen LogP contribution in [0, 0.1) is 5.92 Å². The van der Waals surface area contributed by atoms with Crippen LogP contribution >= 0.6 is 0 Å². The third kappa shape index (κ3) is 6.85. The summed E-state index contributed by atoms with van der Waals surface area (Å²) < 4.78 is 14.7. The molecule has 0 aliphatic carbocycles. The van der Waals surface area contributed by atoms with E-state index >= 15 is 4.79 Å². The molecule has 1 saturated heterocycles. The summed E-state index contributed by atoms with van der Waals surface area (Å²) in [4.78, 5) is 30.5. The fourth-order valence-electron chi connectivity index (χ4n) is 9.11. The number of rotatable bonds is 12. The van der Waals surface area contributed by atoms with Crippen LogP contribution in [0.1, 0.15) is 46.4 Å². The van der Waals surface area contributed by atoms with Crippen molar-refractivity contribution in [1.82, 2.24) is 15.0 Å². The molecule has 5 aromatic carbocycles. The zero-order chi connectivity index (χ0) is 39.7. The standard InChI is InChI=1S/C46H47N5O5Si/c1-31-43(57(3,4)37-23-21-36(55-2)22-24-37)42(26-27-50-29-40(48-49-50)38(30-52)32-14-8-5-9-15-32)56-46(31)39-28-34(47-44(53)33-16-10-6-11-17-33)20-25-41(39)51(45(46)54)35-18-12-7-13-19-35/h5-25,28-29,31,38,42-43,52H,26-27,30H2,1-4H3,(H,47,53)/t31-,38?,42+,43-,46+/m0/s1. The highest BCUT2D eigenvalue weighted by molar-refractivity contribution is 6.91. The van der Waals surface area contributed by atoms with Crippen molar-refractivity contribution in [3.8, 4) is 5.75 Å². The normalized spacial score (nSPS) is 20.8. The van der Waals surface area contributed by atoms with Gasteiger partial charge < -0.3 is 19.9 Å². The maximum Gasteiger partial charge on any atom is 0.268 e. The Hall–Kier alpha value is -5.88. The molecule has 2 amide bonds. The number of benzene rings is 5. The number of carbonyl (C=O) groups is 2. The van der Waals surface area contributed by atoms with Crippen molar-refractivity contribution >= 4 is 42.1 Å². The Bertz CT molecular complexity index is 2360. The minimum atomic E-state index is -2.44. The number of methoxy groups -OCH3 is 1. The van der Waals surface area contributed by atoms with Gasteiger partial charge in [-0.15, -0.1) is 5.10 Å². The number of fused-ring (bicyclic) bond motifs is 2. The third-order valence-corrected chi connectivity index (χ3v) is 16.4. The van der Waals surface area contributed by atoms with Gasteiger partial charge >= 0.3 is 0 Å². The number of aromatic nitrogens is 3. The maximum atomic E-state index is 15.4. The fourth-order valence-corrected chi connectivity index (χ4v) is 13.2. The molecule has 0 saturated carbocycles. The van der Waals surface area contributed by atoms with Crippen LogP contribution in [0.3, 0.4) is 0 Å². The zero-order valence-corrected chi connectivity index (χ0v) is 33.6. The van der Waals surface area contributed by atoms with Crippen LogP contribution in [0.15, 0.2) is 140 Å². The van der Waals surface area contributed by atoms with E-state index in [1.165, 1.54) is 5.19 Å². The summed E-state index contributed by atoms with van der Waals surface area (Å²) in [6.07, 6.45) is 2.13. The molecular formula is C46H47N5O5Si. The second-order valence-electron chi connectivity index (χ2n) is 15.5. The second kappa shape index (κ2) is 15.6. The topological polar surface area (TPSA) is 119 Å². The van der Waals surface area contributed by atoms with Gasteiger partial charge in [-0.05, 0) is 72.1 Å². The van der Waals surface area contributed by atoms with Crippen LogP contribution < -0.4 is 20.1 Å². The lowest BCUT2D eigenvalue weighted by Crippen LogP contribution is -2.51. The Morgan fingerprint density at radius 3 is 2.26 bits per heavy atom. The molecule has 0 bridgehead atoms. The van der Waals surface area contributed by atoms with Gasteiger partial charge in [0.1, 0.15) is 5.75 Å². The van der Waals surface area contributed by atoms with Crippen LogP contribution in [0.5, 0.6) is 5.75 Å². The van der Waals surface area contributed by atoms with Gasteiger partial charge in [-0.2, -0.15) is 0 Å². The van der Waals surface area contributed by atoms with E-state index < -0.39 is 13.7 Å². The van der Waals surface area contributed by atoms with E-state index in [2.05, 4.69) is 47.8 Å². The Morgan fingerprint density at radius 1 is 0.930 bits per heavy atom. The molecule has 6 aromatic rings. The first-order valence-electron chi connectivity index (χ1n) is 19.4. The number of aryl methyl sites for hydroxylation is 1. The van der Waals surface area contributed by atoms with Crippen molar-refractivity contribution < 1.29 is 24.2 Å². The van der Waals surface area contributed by atoms with Gasteiger partial charge in [-0.25, -0.2) is 0 Å². The Balaban J connectivity index is 1.20. The van der Waals surface area contributed by atoms with E-state index in [0.717, 1.165) is 28.3 Å². The molecule has 2 aliphatic rings. The van der Waals surface area contributed by atoms with Gasteiger partial charge in [0.25, 0.3) is 11.8 Å². The van der Waals surface area contributed by atoms with Gasteiger partial charge in [-0.3, -0.25) is 19.2 Å². The third-order valence-electron chi connectivity index (χ3n) is 12.0. The minimum absolute atomic E-state index is 0.0153. The number of hydrogen-bond acceptors (Lipinski definition) is 7. The molecule has 57 heavy (non-hydrogen) atoms. The molecule has 2 aliphatic heterocycles. The monoisotopic (exact) mass is 777 g/mol. The van der Waals surface area contributed by atoms with E-state index in [9.17, 15) is 9.90 Å². The number of nitrogens with zero attached hydrogens (tertiary/aromatic N) is 4. The molecule has 5 atom stereocenters. The summed E-state index contributed by atoms with van der Waals surface area (Å²) in [5, 5.41) is 23.6. The number of nitrogens with one attached hydrogen (secondary N) is 1. The molecule has 1 fully saturated rings. The summed E-state index contributed by atoms with van der Waals surface area (Å²) >= 11 is 0. The fraction of sp³-hybridized carbons (Fsp3) is 0.261. The molecule has 0 radical (unpaired) electrons. The lowest BCUT2D eigenvalue weighted by atomic mass is 9.82. The predicted octanol–water partition coefficient (Wildman–Crippen LogP) is 7.65. The minimum Gasteiger partial charge on any atom is -0.497 e. The summed E-state index contributed by atoms with van der Waals surface area (Å²) in [7, 11) is -0.771. The first kappa shape index (κ1) is 38.0. The van der Waals surface area contributed by atoms with Gasteiger partial charge in [0, 0.05) is 41.2 Å². The van der Waals surface area contributed by atoms with Gasteiger partial charge in [0.05, 0.1) is 45.2 Å². The molecule has 10 nitrogen and oxygen atoms in total. The number of hydrogen-bond donors (Lipinski definition) is 2.